The highest BCUT2D eigenvalue weighted by Crippen LogP contribution is 2.33. The van der Waals surface area contributed by atoms with Gasteiger partial charge in [-0.2, -0.15) is 31.4 Å². The van der Waals surface area contributed by atoms with Gasteiger partial charge >= 0.3 is 24.3 Å². The summed E-state index contributed by atoms with van der Waals surface area (Å²) in [5, 5.41) is 18.5. The molecule has 1 fully saturated rings. The van der Waals surface area contributed by atoms with Gasteiger partial charge in [-0.25, -0.2) is 19.6 Å². The minimum Gasteiger partial charge on any atom is -0.475 e. The Bertz CT molecular complexity index is 1370. The third-order valence-corrected chi connectivity index (χ3v) is 6.77. The van der Waals surface area contributed by atoms with Crippen LogP contribution < -0.4 is 4.90 Å². The van der Waals surface area contributed by atoms with E-state index in [-0.39, 0.29) is 0 Å². The first-order valence-corrected chi connectivity index (χ1v) is 13.7. The van der Waals surface area contributed by atoms with Crippen LogP contribution in [0.2, 0.25) is 0 Å². The van der Waals surface area contributed by atoms with Crippen molar-refractivity contribution < 1.29 is 50.9 Å². The number of carboxylic acid groups (broad SMARTS) is 2. The molecule has 0 radical (unpaired) electrons. The molecule has 0 spiro atoms. The van der Waals surface area contributed by atoms with E-state index in [9.17, 15) is 26.3 Å². The first kappa shape index (κ1) is 37.3. The van der Waals surface area contributed by atoms with Crippen molar-refractivity contribution in [3.63, 3.8) is 0 Å². The summed E-state index contributed by atoms with van der Waals surface area (Å²) in [6.45, 7) is 8.99. The topological polar surface area (TPSA) is 139 Å². The number of halogens is 6. The third kappa shape index (κ3) is 11.2. The number of nitrogens with zero attached hydrogens (tertiary/aromatic N) is 7. The average molecular weight is 654 g/mol. The number of carboxylic acids is 2. The number of imidazole rings is 1. The lowest BCUT2D eigenvalue weighted by atomic mass is 9.92. The van der Waals surface area contributed by atoms with E-state index in [1.807, 2.05) is 24.3 Å². The van der Waals surface area contributed by atoms with Gasteiger partial charge in [-0.05, 0) is 45.8 Å². The van der Waals surface area contributed by atoms with Gasteiger partial charge in [0.25, 0.3) is 0 Å². The van der Waals surface area contributed by atoms with E-state index in [0.717, 1.165) is 50.4 Å². The second-order valence-corrected chi connectivity index (χ2v) is 10.6. The summed E-state index contributed by atoms with van der Waals surface area (Å²) in [7, 11) is 5.79. The number of likely N-dealkylation sites (N-methyl/N-ethyl adjacent to an activating group) is 1. The Balaban J connectivity index is 0.000000421. The maximum atomic E-state index is 10.6. The number of aromatic nitrogens is 5. The Labute approximate surface area is 255 Å². The number of rotatable bonds is 8. The first-order chi connectivity index (χ1) is 20.8. The molecule has 1 saturated heterocycles. The van der Waals surface area contributed by atoms with Gasteiger partial charge in [0.05, 0.1) is 24.6 Å². The number of likely N-dealkylation sites (tertiary alicyclic amines) is 1. The number of aryl methyl sites for hydroxylation is 1. The fraction of sp³-hybridized carbons (Fsp3) is 0.593. The Morgan fingerprint density at radius 3 is 2.09 bits per heavy atom. The molecule has 0 amide bonds. The number of methoxy groups -OCH3 is 1. The minimum absolute atomic E-state index is 0.360. The van der Waals surface area contributed by atoms with Crippen molar-refractivity contribution >= 4 is 28.8 Å². The molecule has 4 rings (SSSR count). The van der Waals surface area contributed by atoms with Crippen molar-refractivity contribution in [1.82, 2.24) is 29.2 Å². The molecule has 2 N–H and O–H groups in total. The highest BCUT2D eigenvalue weighted by atomic mass is 19.4. The molecule has 3 aromatic rings. The zero-order chi connectivity index (χ0) is 34.1. The number of ether oxygens (including phenoxy) is 1. The number of alkyl halides is 6. The quantitative estimate of drug-likeness (QED) is 0.335. The van der Waals surface area contributed by atoms with Crippen molar-refractivity contribution in [2.24, 2.45) is 7.05 Å². The van der Waals surface area contributed by atoms with E-state index in [2.05, 4.69) is 52.6 Å². The molecular formula is C27H37F6N7O5. The van der Waals surface area contributed by atoms with Gasteiger partial charge in [0.15, 0.2) is 5.82 Å². The molecule has 12 nitrogen and oxygen atoms in total. The molecule has 0 saturated carbocycles. The number of pyridine rings is 1. The Kier molecular flexibility index (Phi) is 13.1. The molecule has 1 aliphatic rings. The maximum absolute atomic E-state index is 10.6. The van der Waals surface area contributed by atoms with Gasteiger partial charge in [-0.3, -0.25) is 9.58 Å². The largest absolute Gasteiger partial charge is 0.490 e. The highest BCUT2D eigenvalue weighted by molar-refractivity contribution is 5.87. The fourth-order valence-corrected chi connectivity index (χ4v) is 4.45. The van der Waals surface area contributed by atoms with Crippen molar-refractivity contribution in [3.8, 4) is 0 Å². The van der Waals surface area contributed by atoms with Crippen molar-refractivity contribution in [3.05, 3.63) is 36.0 Å². The molecule has 1 aliphatic heterocycles. The number of fused-ring (bicyclic) bond motifs is 1. The normalized spacial score (nSPS) is 14.5. The third-order valence-electron chi connectivity index (χ3n) is 6.77. The lowest BCUT2D eigenvalue weighted by molar-refractivity contribution is -0.193. The minimum atomic E-state index is -5.08. The molecule has 0 unspecified atom stereocenters. The first-order valence-electron chi connectivity index (χ1n) is 13.7. The fourth-order valence-electron chi connectivity index (χ4n) is 4.45. The van der Waals surface area contributed by atoms with Crippen molar-refractivity contribution in [1.29, 1.82) is 0 Å². The number of anilines is 1. The second kappa shape index (κ2) is 15.9. The smallest absolute Gasteiger partial charge is 0.475 e. The van der Waals surface area contributed by atoms with E-state index >= 15 is 0 Å². The molecule has 0 bridgehead atoms. The molecule has 45 heavy (non-hydrogen) atoms. The Morgan fingerprint density at radius 2 is 1.64 bits per heavy atom. The monoisotopic (exact) mass is 653 g/mol. The van der Waals surface area contributed by atoms with Crippen LogP contribution in [0.3, 0.4) is 0 Å². The average Bonchev–Trinajstić information content (AvgIpc) is 3.57. The lowest BCUT2D eigenvalue weighted by Crippen LogP contribution is -2.33. The summed E-state index contributed by atoms with van der Waals surface area (Å²) in [6.07, 6.45) is -1.90. The number of hydrogen-bond acceptors (Lipinski definition) is 8. The molecule has 252 valence electrons. The van der Waals surface area contributed by atoms with Gasteiger partial charge in [-0.15, -0.1) is 0 Å². The van der Waals surface area contributed by atoms with Crippen LogP contribution in [0.1, 0.15) is 49.9 Å². The van der Waals surface area contributed by atoms with Gasteiger partial charge in [0, 0.05) is 63.7 Å². The second-order valence-electron chi connectivity index (χ2n) is 10.6. The number of aliphatic carboxylic acids is 2. The van der Waals surface area contributed by atoms with Crippen LogP contribution in [0.4, 0.5) is 32.2 Å². The van der Waals surface area contributed by atoms with Crippen molar-refractivity contribution in [2.75, 3.05) is 45.3 Å². The van der Waals surface area contributed by atoms with E-state index in [1.54, 1.807) is 7.11 Å². The summed E-state index contributed by atoms with van der Waals surface area (Å²) in [6, 6.07) is 2.64. The standard InChI is InChI=1S/C23H35N7O.2C2HF3O2/c1-17(2)30-16-24-22-21(30)12-20(26-23(22)27(3)10-11-31-5)19-6-8-29(9-7-19)15-18-13-25-28(4)14-18;2*3-2(4,5)1(6)7/h12-14,16-17,19H,6-11,15H2,1-5H3;2*(H,6,7). The zero-order valence-corrected chi connectivity index (χ0v) is 25.4. The van der Waals surface area contributed by atoms with Gasteiger partial charge in [-0.1, -0.05) is 0 Å². The van der Waals surface area contributed by atoms with E-state index in [0.29, 0.717) is 18.6 Å². The Hall–Kier alpha value is -3.93. The van der Waals surface area contributed by atoms with Crippen LogP contribution in [0, 0.1) is 0 Å². The summed E-state index contributed by atoms with van der Waals surface area (Å²) < 4.78 is 72.9. The highest BCUT2D eigenvalue weighted by Gasteiger charge is 2.39. The Morgan fingerprint density at radius 1 is 1.09 bits per heavy atom. The summed E-state index contributed by atoms with van der Waals surface area (Å²) in [5.41, 5.74) is 4.63. The predicted molar refractivity (Wildman–Crippen MR) is 151 cm³/mol. The molecule has 0 aliphatic carbocycles. The van der Waals surface area contributed by atoms with Gasteiger partial charge in [0.2, 0.25) is 0 Å². The predicted octanol–water partition coefficient (Wildman–Crippen LogP) is 4.47. The number of piperidine rings is 1. The lowest BCUT2D eigenvalue weighted by Gasteiger charge is -2.32. The van der Waals surface area contributed by atoms with Crippen LogP contribution in [0.5, 0.6) is 0 Å². The molecule has 0 atom stereocenters. The molecule has 4 heterocycles. The summed E-state index contributed by atoms with van der Waals surface area (Å²) in [4.78, 5) is 32.3. The van der Waals surface area contributed by atoms with E-state index in [4.69, 9.17) is 34.5 Å². The molecule has 0 aromatic carbocycles. The molecule has 18 heteroatoms. The SMILES string of the molecule is COCCN(C)c1nc(C2CCN(Cc3cnn(C)c3)CC2)cc2c1ncn2C(C)C.O=C(O)C(F)(F)F.O=C(O)C(F)(F)F. The van der Waals surface area contributed by atoms with Crippen LogP contribution in [0.25, 0.3) is 11.0 Å². The van der Waals surface area contributed by atoms with Crippen molar-refractivity contribution in [2.45, 2.75) is 57.5 Å². The van der Waals surface area contributed by atoms with E-state index in [1.165, 1.54) is 16.8 Å². The zero-order valence-electron chi connectivity index (χ0n) is 25.4. The summed E-state index contributed by atoms with van der Waals surface area (Å²) >= 11 is 0. The van der Waals surface area contributed by atoms with E-state index < -0.39 is 24.3 Å². The van der Waals surface area contributed by atoms with Gasteiger partial charge in [0.1, 0.15) is 5.52 Å². The van der Waals surface area contributed by atoms with Crippen LogP contribution in [0.15, 0.2) is 24.8 Å². The van der Waals surface area contributed by atoms with Crippen LogP contribution >= 0.6 is 0 Å². The van der Waals surface area contributed by atoms with Gasteiger partial charge < -0.3 is 24.4 Å². The number of carbonyl (C=O) groups is 2. The molecular weight excluding hydrogens is 616 g/mol. The molecule has 3 aromatic heterocycles. The van der Waals surface area contributed by atoms with Crippen LogP contribution in [-0.2, 0) is 27.9 Å². The van der Waals surface area contributed by atoms with Crippen LogP contribution in [-0.4, -0.2) is 104 Å². The number of hydrogen-bond donors (Lipinski definition) is 2. The maximum Gasteiger partial charge on any atom is 0.490 e. The summed E-state index contributed by atoms with van der Waals surface area (Å²) in [5.74, 6) is -4.08.